The molecule has 0 unspecified atom stereocenters. The number of likely N-dealkylation sites (N-methyl/N-ethyl adjacent to an activating group) is 1. The third-order valence-corrected chi connectivity index (χ3v) is 5.48. The van der Waals surface area contributed by atoms with Crippen molar-refractivity contribution in [1.82, 2.24) is 14.5 Å². The van der Waals surface area contributed by atoms with Gasteiger partial charge in [-0.2, -0.15) is 0 Å². The van der Waals surface area contributed by atoms with Crippen LogP contribution in [0.5, 0.6) is 0 Å². The number of carbonyl (C=O) groups is 1. The SMILES string of the molecule is CN1C[C@H](c2nc3ccccc3n2Cc2c(Cl)cccc2Cl)CC1=O. The molecule has 1 atom stereocenters. The van der Waals surface area contributed by atoms with Crippen LogP contribution >= 0.6 is 23.2 Å². The lowest BCUT2D eigenvalue weighted by atomic mass is 10.1. The van der Waals surface area contributed by atoms with E-state index in [9.17, 15) is 4.79 Å². The van der Waals surface area contributed by atoms with Gasteiger partial charge in [-0.15, -0.1) is 0 Å². The fraction of sp³-hybridized carbons (Fsp3) is 0.263. The first kappa shape index (κ1) is 16.4. The van der Waals surface area contributed by atoms with Crippen LogP contribution in [0, 0.1) is 0 Å². The van der Waals surface area contributed by atoms with Crippen molar-refractivity contribution in [2.75, 3.05) is 13.6 Å². The van der Waals surface area contributed by atoms with Crippen molar-refractivity contribution >= 4 is 40.1 Å². The summed E-state index contributed by atoms with van der Waals surface area (Å²) in [7, 11) is 1.83. The average molecular weight is 374 g/mol. The molecule has 0 spiro atoms. The topological polar surface area (TPSA) is 38.1 Å². The van der Waals surface area contributed by atoms with E-state index >= 15 is 0 Å². The average Bonchev–Trinajstić information content (AvgIpc) is 3.12. The Morgan fingerprint density at radius 1 is 1.12 bits per heavy atom. The monoisotopic (exact) mass is 373 g/mol. The molecule has 0 saturated carbocycles. The van der Waals surface area contributed by atoms with Gasteiger partial charge in [0.05, 0.1) is 17.6 Å². The number of fused-ring (bicyclic) bond motifs is 1. The molecule has 6 heteroatoms. The molecule has 2 aromatic carbocycles. The summed E-state index contributed by atoms with van der Waals surface area (Å²) in [5.74, 6) is 1.14. The highest BCUT2D eigenvalue weighted by atomic mass is 35.5. The van der Waals surface area contributed by atoms with Gasteiger partial charge in [-0.05, 0) is 24.3 Å². The van der Waals surface area contributed by atoms with Crippen LogP contribution in [0.15, 0.2) is 42.5 Å². The minimum Gasteiger partial charge on any atom is -0.345 e. The van der Waals surface area contributed by atoms with Gasteiger partial charge in [0.25, 0.3) is 0 Å². The van der Waals surface area contributed by atoms with Gasteiger partial charge in [-0.3, -0.25) is 4.79 Å². The van der Waals surface area contributed by atoms with Crippen molar-refractivity contribution in [1.29, 1.82) is 0 Å². The van der Waals surface area contributed by atoms with E-state index in [0.717, 1.165) is 22.4 Å². The van der Waals surface area contributed by atoms with Gasteiger partial charge < -0.3 is 9.47 Å². The van der Waals surface area contributed by atoms with Crippen LogP contribution in [0.3, 0.4) is 0 Å². The van der Waals surface area contributed by atoms with E-state index in [4.69, 9.17) is 28.2 Å². The molecule has 1 fully saturated rings. The Bertz CT molecular complexity index is 946. The number of hydrogen-bond donors (Lipinski definition) is 0. The minimum atomic E-state index is 0.0752. The summed E-state index contributed by atoms with van der Waals surface area (Å²) >= 11 is 12.8. The van der Waals surface area contributed by atoms with Crippen LogP contribution in [0.1, 0.15) is 23.7 Å². The zero-order valence-corrected chi connectivity index (χ0v) is 15.3. The van der Waals surface area contributed by atoms with Gasteiger partial charge in [0.15, 0.2) is 0 Å². The summed E-state index contributed by atoms with van der Waals surface area (Å²) in [6.07, 6.45) is 0.482. The maximum atomic E-state index is 12.0. The third kappa shape index (κ3) is 2.90. The Morgan fingerprint density at radius 3 is 2.52 bits per heavy atom. The zero-order chi connectivity index (χ0) is 17.6. The Kier molecular flexibility index (Phi) is 4.18. The van der Waals surface area contributed by atoms with Gasteiger partial charge in [-0.1, -0.05) is 41.4 Å². The highest BCUT2D eigenvalue weighted by Crippen LogP contribution is 2.32. The molecular weight excluding hydrogens is 357 g/mol. The smallest absolute Gasteiger partial charge is 0.223 e. The summed E-state index contributed by atoms with van der Waals surface area (Å²) in [5, 5.41) is 1.27. The van der Waals surface area contributed by atoms with Crippen LogP contribution in [-0.2, 0) is 11.3 Å². The van der Waals surface area contributed by atoms with Gasteiger partial charge in [0.1, 0.15) is 5.82 Å². The summed E-state index contributed by atoms with van der Waals surface area (Å²) in [4.78, 5) is 18.6. The van der Waals surface area contributed by atoms with Gasteiger partial charge in [-0.25, -0.2) is 4.98 Å². The predicted molar refractivity (Wildman–Crippen MR) is 100 cm³/mol. The van der Waals surface area contributed by atoms with Gasteiger partial charge in [0.2, 0.25) is 5.91 Å². The molecule has 25 heavy (non-hydrogen) atoms. The lowest BCUT2D eigenvalue weighted by Crippen LogP contribution is -2.19. The number of rotatable bonds is 3. The Morgan fingerprint density at radius 2 is 1.84 bits per heavy atom. The first-order valence-corrected chi connectivity index (χ1v) is 8.92. The molecule has 3 aromatic rings. The van der Waals surface area contributed by atoms with Crippen LogP contribution in [0.4, 0.5) is 0 Å². The van der Waals surface area contributed by atoms with Crippen molar-refractivity contribution < 1.29 is 4.79 Å². The second-order valence-electron chi connectivity index (χ2n) is 6.42. The van der Waals surface area contributed by atoms with Gasteiger partial charge in [0, 0.05) is 41.5 Å². The number of amides is 1. The number of imidazole rings is 1. The molecule has 4 nitrogen and oxygen atoms in total. The molecule has 0 aliphatic carbocycles. The number of para-hydroxylation sites is 2. The van der Waals surface area contributed by atoms with E-state index in [1.54, 1.807) is 4.90 Å². The van der Waals surface area contributed by atoms with Crippen molar-refractivity contribution in [2.45, 2.75) is 18.9 Å². The van der Waals surface area contributed by atoms with Gasteiger partial charge >= 0.3 is 0 Å². The second kappa shape index (κ2) is 6.36. The molecule has 2 heterocycles. The number of likely N-dealkylation sites (tertiary alicyclic amines) is 1. The van der Waals surface area contributed by atoms with Crippen molar-refractivity contribution in [3.63, 3.8) is 0 Å². The van der Waals surface area contributed by atoms with Crippen LogP contribution < -0.4 is 0 Å². The first-order chi connectivity index (χ1) is 12.0. The predicted octanol–water partition coefficient (Wildman–Crippen LogP) is 4.34. The van der Waals surface area contributed by atoms with Crippen molar-refractivity contribution in [3.8, 4) is 0 Å². The summed E-state index contributed by atoms with van der Waals surface area (Å²) < 4.78 is 2.14. The fourth-order valence-electron chi connectivity index (χ4n) is 3.45. The van der Waals surface area contributed by atoms with E-state index < -0.39 is 0 Å². The van der Waals surface area contributed by atoms with E-state index in [1.807, 2.05) is 49.5 Å². The van der Waals surface area contributed by atoms with E-state index in [-0.39, 0.29) is 11.8 Å². The Balaban J connectivity index is 1.84. The summed E-state index contributed by atoms with van der Waals surface area (Å²) in [6.45, 7) is 1.21. The number of nitrogens with zero attached hydrogens (tertiary/aromatic N) is 3. The zero-order valence-electron chi connectivity index (χ0n) is 13.7. The van der Waals surface area contributed by atoms with Crippen LogP contribution in [-0.4, -0.2) is 34.0 Å². The lowest BCUT2D eigenvalue weighted by molar-refractivity contribution is -0.126. The number of hydrogen-bond acceptors (Lipinski definition) is 2. The van der Waals surface area contributed by atoms with Crippen molar-refractivity contribution in [3.05, 3.63) is 63.9 Å². The largest absolute Gasteiger partial charge is 0.345 e. The van der Waals surface area contributed by atoms with E-state index in [1.165, 1.54) is 0 Å². The fourth-order valence-corrected chi connectivity index (χ4v) is 3.97. The summed E-state index contributed by atoms with van der Waals surface area (Å²) in [5.41, 5.74) is 2.81. The van der Waals surface area contributed by atoms with E-state index in [2.05, 4.69) is 4.57 Å². The molecule has 0 bridgehead atoms. The maximum Gasteiger partial charge on any atom is 0.223 e. The summed E-state index contributed by atoms with van der Waals surface area (Å²) in [6, 6.07) is 13.5. The molecule has 128 valence electrons. The highest BCUT2D eigenvalue weighted by Gasteiger charge is 2.32. The number of benzene rings is 2. The number of aromatic nitrogens is 2. The Labute approximate surface area is 156 Å². The molecule has 1 saturated heterocycles. The molecule has 4 rings (SSSR count). The van der Waals surface area contributed by atoms with Crippen LogP contribution in [0.2, 0.25) is 10.0 Å². The highest BCUT2D eigenvalue weighted by molar-refractivity contribution is 6.36. The molecular formula is C19H17Cl2N3O. The molecule has 0 radical (unpaired) electrons. The first-order valence-electron chi connectivity index (χ1n) is 8.16. The minimum absolute atomic E-state index is 0.0752. The van der Waals surface area contributed by atoms with Crippen molar-refractivity contribution in [2.24, 2.45) is 0 Å². The molecule has 1 aliphatic rings. The lowest BCUT2D eigenvalue weighted by Gasteiger charge is -2.15. The van der Waals surface area contributed by atoms with E-state index in [0.29, 0.717) is 29.6 Å². The molecule has 0 N–H and O–H groups in total. The third-order valence-electron chi connectivity index (χ3n) is 4.77. The molecule has 1 aromatic heterocycles. The Hall–Kier alpha value is -2.04. The standard InChI is InChI=1S/C19H17Cl2N3O/c1-23-10-12(9-18(23)25)19-22-16-7-2-3-8-17(16)24(19)11-13-14(20)5-4-6-15(13)21/h2-8,12H,9-11H2,1H3/t12-/m1/s1. The normalized spacial score (nSPS) is 17.6. The molecule has 1 aliphatic heterocycles. The number of halogens is 2. The van der Waals surface area contributed by atoms with Crippen LogP contribution in [0.25, 0.3) is 11.0 Å². The quantitative estimate of drug-likeness (QED) is 0.684. The number of carbonyl (C=O) groups excluding carboxylic acids is 1. The second-order valence-corrected chi connectivity index (χ2v) is 7.23. The molecule has 1 amide bonds. The maximum absolute atomic E-state index is 12.0.